The van der Waals surface area contributed by atoms with Gasteiger partial charge in [0.25, 0.3) is 5.78 Å². The van der Waals surface area contributed by atoms with E-state index in [0.717, 1.165) is 31.6 Å². The molecule has 0 aliphatic carbocycles. The first kappa shape index (κ1) is 23.3. The number of thiazole rings is 1. The number of ether oxygens (including phenoxy) is 1. The molecule has 1 atom stereocenters. The number of aryl methyl sites for hydroxylation is 2. The maximum absolute atomic E-state index is 13.4. The molecule has 5 rings (SSSR count). The van der Waals surface area contributed by atoms with E-state index in [1.165, 1.54) is 16.2 Å². The maximum atomic E-state index is 13.4. The third-order valence-corrected chi connectivity index (χ3v) is 7.72. The number of rotatable bonds is 4. The van der Waals surface area contributed by atoms with Crippen LogP contribution in [0.5, 0.6) is 5.75 Å². The quantitative estimate of drug-likeness (QED) is 0.183. The molecular weight excluding hydrogens is 528 g/mol. The molecule has 1 amide bonds. The molecule has 0 saturated carbocycles. The summed E-state index contributed by atoms with van der Waals surface area (Å²) in [6.07, 6.45) is 0. The minimum absolute atomic E-state index is 0.0338. The highest BCUT2D eigenvalue weighted by atomic mass is 79.9. The van der Waals surface area contributed by atoms with Gasteiger partial charge < -0.3 is 9.84 Å². The second kappa shape index (κ2) is 8.94. The first-order chi connectivity index (χ1) is 16.8. The van der Waals surface area contributed by atoms with Crippen molar-refractivity contribution < 1.29 is 19.4 Å². The summed E-state index contributed by atoms with van der Waals surface area (Å²) in [6.45, 7) is 3.79. The summed E-state index contributed by atoms with van der Waals surface area (Å²) >= 11 is 4.83. The zero-order chi connectivity index (χ0) is 24.9. The van der Waals surface area contributed by atoms with Crippen LogP contribution in [0.4, 0.5) is 5.13 Å². The lowest BCUT2D eigenvalue weighted by Gasteiger charge is -2.23. The van der Waals surface area contributed by atoms with Crippen LogP contribution in [-0.2, 0) is 9.59 Å². The number of hydrogen-bond acceptors (Lipinski definition) is 6. The Balaban J connectivity index is 1.71. The van der Waals surface area contributed by atoms with E-state index in [1.807, 2.05) is 62.4 Å². The van der Waals surface area contributed by atoms with Gasteiger partial charge in [-0.25, -0.2) is 4.98 Å². The van der Waals surface area contributed by atoms with Gasteiger partial charge in [-0.2, -0.15) is 0 Å². The van der Waals surface area contributed by atoms with Crippen LogP contribution in [0.1, 0.15) is 27.7 Å². The zero-order valence-corrected chi connectivity index (χ0v) is 21.6. The molecule has 8 heteroatoms. The normalized spacial score (nSPS) is 17.4. The Morgan fingerprint density at radius 3 is 2.49 bits per heavy atom. The molecule has 4 aromatic rings. The fourth-order valence-corrected chi connectivity index (χ4v) is 5.59. The average molecular weight is 549 g/mol. The highest BCUT2D eigenvalue weighted by molar-refractivity contribution is 9.10. The molecule has 0 spiro atoms. The van der Waals surface area contributed by atoms with Crippen molar-refractivity contribution in [1.29, 1.82) is 0 Å². The van der Waals surface area contributed by atoms with Crippen molar-refractivity contribution in [2.24, 2.45) is 0 Å². The molecule has 6 nitrogen and oxygen atoms in total. The Labute approximate surface area is 214 Å². The summed E-state index contributed by atoms with van der Waals surface area (Å²) in [5, 5.41) is 13.6. The van der Waals surface area contributed by atoms with E-state index < -0.39 is 17.7 Å². The molecule has 0 radical (unpaired) electrons. The third kappa shape index (κ3) is 4.02. The van der Waals surface area contributed by atoms with Gasteiger partial charge in [0.15, 0.2) is 5.13 Å². The lowest BCUT2D eigenvalue weighted by atomic mass is 9.94. The molecule has 0 bridgehead atoms. The van der Waals surface area contributed by atoms with Gasteiger partial charge in [-0.05, 0) is 60.5 Å². The lowest BCUT2D eigenvalue weighted by molar-refractivity contribution is -0.132. The van der Waals surface area contributed by atoms with Gasteiger partial charge in [0.05, 0.1) is 24.4 Å². The number of benzene rings is 3. The number of nitrogens with zero attached hydrogens (tertiary/aromatic N) is 2. The van der Waals surface area contributed by atoms with E-state index in [0.29, 0.717) is 16.3 Å². The van der Waals surface area contributed by atoms with Crippen LogP contribution in [0.25, 0.3) is 16.5 Å². The van der Waals surface area contributed by atoms with Gasteiger partial charge in [-0.15, -0.1) is 11.3 Å². The van der Waals surface area contributed by atoms with Crippen LogP contribution in [-0.4, -0.2) is 28.9 Å². The van der Waals surface area contributed by atoms with Gasteiger partial charge in [0.2, 0.25) is 0 Å². The molecule has 3 aromatic carbocycles. The number of carbonyl (C=O) groups excluding carboxylic acids is 2. The van der Waals surface area contributed by atoms with E-state index in [1.54, 1.807) is 19.2 Å². The topological polar surface area (TPSA) is 79.7 Å². The van der Waals surface area contributed by atoms with Gasteiger partial charge in [-0.3, -0.25) is 14.5 Å². The molecule has 2 heterocycles. The number of aromatic nitrogens is 1. The fourth-order valence-electron chi connectivity index (χ4n) is 4.23. The Morgan fingerprint density at radius 2 is 1.80 bits per heavy atom. The number of Topliss-reactive ketones (excluding diaryl/α,β-unsaturated/α-hetero) is 1. The van der Waals surface area contributed by atoms with Crippen LogP contribution < -0.4 is 9.64 Å². The van der Waals surface area contributed by atoms with E-state index >= 15 is 0 Å². The predicted molar refractivity (Wildman–Crippen MR) is 141 cm³/mol. The number of ketones is 1. The summed E-state index contributed by atoms with van der Waals surface area (Å²) in [7, 11) is 1.60. The summed E-state index contributed by atoms with van der Waals surface area (Å²) in [5.74, 6) is -0.953. The van der Waals surface area contributed by atoms with E-state index in [2.05, 4.69) is 20.9 Å². The fraction of sp³-hybridized carbons (Fsp3) is 0.148. The van der Waals surface area contributed by atoms with E-state index in [4.69, 9.17) is 4.74 Å². The van der Waals surface area contributed by atoms with Gasteiger partial charge in [0.1, 0.15) is 11.5 Å². The monoisotopic (exact) mass is 548 g/mol. The molecule has 1 fully saturated rings. The van der Waals surface area contributed by atoms with E-state index in [9.17, 15) is 14.7 Å². The molecule has 176 valence electrons. The van der Waals surface area contributed by atoms with Crippen molar-refractivity contribution in [3.8, 4) is 5.75 Å². The minimum atomic E-state index is -0.816. The van der Waals surface area contributed by atoms with Crippen LogP contribution in [0, 0.1) is 13.8 Å². The van der Waals surface area contributed by atoms with Crippen molar-refractivity contribution in [3.63, 3.8) is 0 Å². The number of fused-ring (bicyclic) bond motifs is 1. The van der Waals surface area contributed by atoms with Crippen LogP contribution >= 0.6 is 27.3 Å². The Bertz CT molecular complexity index is 1520. The first-order valence-corrected chi connectivity index (χ1v) is 12.5. The molecule has 1 aromatic heterocycles. The average Bonchev–Trinajstić information content (AvgIpc) is 3.32. The summed E-state index contributed by atoms with van der Waals surface area (Å²) in [5.41, 5.74) is 1.97. The molecule has 1 aliphatic rings. The number of aliphatic hydroxyl groups is 1. The highest BCUT2D eigenvalue weighted by Gasteiger charge is 2.48. The van der Waals surface area contributed by atoms with Crippen LogP contribution in [0.15, 0.2) is 70.7 Å². The number of halogens is 1. The van der Waals surface area contributed by atoms with Crippen molar-refractivity contribution >= 4 is 60.6 Å². The van der Waals surface area contributed by atoms with E-state index in [-0.39, 0.29) is 11.3 Å². The summed E-state index contributed by atoms with van der Waals surface area (Å²) in [4.78, 5) is 33.5. The van der Waals surface area contributed by atoms with Gasteiger partial charge in [0, 0.05) is 14.9 Å². The predicted octanol–water partition coefficient (Wildman–Crippen LogP) is 6.31. The summed E-state index contributed by atoms with van der Waals surface area (Å²) < 4.78 is 6.09. The van der Waals surface area contributed by atoms with Gasteiger partial charge >= 0.3 is 5.91 Å². The minimum Gasteiger partial charge on any atom is -0.507 e. The Kier molecular flexibility index (Phi) is 5.94. The molecule has 35 heavy (non-hydrogen) atoms. The molecule has 1 unspecified atom stereocenters. The lowest BCUT2D eigenvalue weighted by Crippen LogP contribution is -2.29. The van der Waals surface area contributed by atoms with Crippen molar-refractivity contribution in [2.45, 2.75) is 19.9 Å². The largest absolute Gasteiger partial charge is 0.507 e. The second-order valence-electron chi connectivity index (χ2n) is 8.29. The molecule has 1 aliphatic heterocycles. The van der Waals surface area contributed by atoms with Crippen molar-refractivity contribution in [1.82, 2.24) is 4.98 Å². The number of aliphatic hydroxyl groups excluding tert-OH is 1. The van der Waals surface area contributed by atoms with Crippen LogP contribution in [0.3, 0.4) is 0 Å². The molecule has 1 N–H and O–H groups in total. The number of carbonyl (C=O) groups is 2. The van der Waals surface area contributed by atoms with Gasteiger partial charge in [-0.1, -0.05) is 46.3 Å². The SMILES string of the molecule is COc1ccc2cc(/C(O)=C3\C(=O)C(=O)N(c4nc(C)c(C)s4)C3c3cccc(Br)c3)ccc2c1. The first-order valence-electron chi connectivity index (χ1n) is 10.9. The Hall–Kier alpha value is -3.49. The maximum Gasteiger partial charge on any atom is 0.301 e. The molecule has 1 saturated heterocycles. The Morgan fingerprint density at radius 1 is 1.06 bits per heavy atom. The number of amides is 1. The number of methoxy groups -OCH3 is 1. The third-order valence-electron chi connectivity index (χ3n) is 6.15. The van der Waals surface area contributed by atoms with Crippen LogP contribution in [0.2, 0.25) is 0 Å². The van der Waals surface area contributed by atoms with Crippen molar-refractivity contribution in [3.05, 3.63) is 92.4 Å². The number of hydrogen-bond donors (Lipinski definition) is 1. The smallest absolute Gasteiger partial charge is 0.301 e. The zero-order valence-electron chi connectivity index (χ0n) is 19.2. The van der Waals surface area contributed by atoms with Crippen molar-refractivity contribution in [2.75, 3.05) is 12.0 Å². The highest BCUT2D eigenvalue weighted by Crippen LogP contribution is 2.44. The second-order valence-corrected chi connectivity index (χ2v) is 10.4. The number of anilines is 1. The molecular formula is C27H21BrN2O4S. The summed E-state index contributed by atoms with van der Waals surface area (Å²) in [6, 6.07) is 17.6. The standard InChI is InChI=1S/C27H21BrN2O4S/c1-14-15(2)35-27(29-14)30-23(18-5-4-6-20(28)12-18)22(25(32)26(30)33)24(31)19-8-7-17-13-21(34-3)10-9-16(17)11-19/h4-13,23,31H,1-3H3/b24-22+.